The monoisotopic (exact) mass is 777 g/mol. The van der Waals surface area contributed by atoms with Gasteiger partial charge < -0.3 is 14.0 Å². The van der Waals surface area contributed by atoms with Crippen LogP contribution in [0.4, 0.5) is 0 Å². The summed E-state index contributed by atoms with van der Waals surface area (Å²) in [4.78, 5) is 13.8. The van der Waals surface area contributed by atoms with Crippen molar-refractivity contribution in [1.82, 2.24) is 19.5 Å². The molecule has 4 heterocycles. The second kappa shape index (κ2) is 12.8. The number of rotatable bonds is 3. The Morgan fingerprint density at radius 2 is 1.57 bits per heavy atom. The number of pyridine rings is 2. The van der Waals surface area contributed by atoms with Gasteiger partial charge in [-0.05, 0) is 35.4 Å². The van der Waals surface area contributed by atoms with E-state index >= 15 is 0 Å². The molecular formula is C40H32IrN4O-2. The summed E-state index contributed by atoms with van der Waals surface area (Å²) >= 11 is 0. The summed E-state index contributed by atoms with van der Waals surface area (Å²) in [5, 5.41) is 2.22. The molecule has 1 radical (unpaired) electrons. The fraction of sp³-hybridized carbons (Fsp3) is 0.125. The van der Waals surface area contributed by atoms with Crippen LogP contribution >= 0.6 is 0 Å². The van der Waals surface area contributed by atoms with E-state index in [0.717, 1.165) is 72.4 Å². The number of furan rings is 1. The molecule has 0 aliphatic carbocycles. The van der Waals surface area contributed by atoms with E-state index in [9.17, 15) is 0 Å². The Morgan fingerprint density at radius 1 is 0.804 bits per heavy atom. The van der Waals surface area contributed by atoms with Crippen LogP contribution in [0.1, 0.15) is 31.9 Å². The summed E-state index contributed by atoms with van der Waals surface area (Å²) in [5.74, 6) is 0.804. The first kappa shape index (κ1) is 31.1. The molecule has 0 amide bonds. The van der Waals surface area contributed by atoms with Crippen LogP contribution in [0.2, 0.25) is 0 Å². The first-order valence-electron chi connectivity index (χ1n) is 15.0. The Bertz CT molecular complexity index is 2210. The van der Waals surface area contributed by atoms with Crippen LogP contribution in [-0.4, -0.2) is 19.5 Å². The van der Waals surface area contributed by atoms with Crippen molar-refractivity contribution in [3.05, 3.63) is 145 Å². The number of fused-ring (bicyclic) bond motifs is 4. The van der Waals surface area contributed by atoms with Crippen LogP contribution in [0, 0.1) is 19.1 Å². The van der Waals surface area contributed by atoms with Crippen molar-refractivity contribution in [2.24, 2.45) is 0 Å². The maximum Gasteiger partial charge on any atom is 0.120 e. The average molecular weight is 777 g/mol. The molecule has 0 N–H and O–H groups in total. The predicted octanol–water partition coefficient (Wildman–Crippen LogP) is 9.94. The fourth-order valence-corrected chi connectivity index (χ4v) is 5.75. The number of aromatic nitrogens is 4. The Hall–Kier alpha value is -4.90. The second-order valence-electron chi connectivity index (χ2n) is 12.1. The Labute approximate surface area is 282 Å². The summed E-state index contributed by atoms with van der Waals surface area (Å²) in [6.45, 7) is 8.73. The number of para-hydroxylation sites is 2. The molecule has 5 nitrogen and oxygen atoms in total. The molecular weight excluding hydrogens is 745 g/mol. The predicted molar refractivity (Wildman–Crippen MR) is 182 cm³/mol. The van der Waals surface area contributed by atoms with E-state index in [4.69, 9.17) is 9.40 Å². The SMILES string of the molecule is Cc1c[c-]c(-c2nc3cncc(C(C)(C)C)c3n2-c2ccccc2)c2oc3ccccc3c12.[Ir].[c-]1ccccc1-c1ccccn1. The molecule has 0 saturated heterocycles. The van der Waals surface area contributed by atoms with Crippen molar-refractivity contribution in [2.45, 2.75) is 33.1 Å². The molecule has 8 aromatic rings. The molecule has 0 saturated carbocycles. The first-order valence-corrected chi connectivity index (χ1v) is 15.0. The van der Waals surface area contributed by atoms with Gasteiger partial charge in [0.25, 0.3) is 0 Å². The third kappa shape index (κ3) is 5.78. The minimum atomic E-state index is -0.0952. The maximum absolute atomic E-state index is 6.40. The van der Waals surface area contributed by atoms with Crippen molar-refractivity contribution in [3.63, 3.8) is 0 Å². The molecule has 0 spiro atoms. The Morgan fingerprint density at radius 3 is 2.30 bits per heavy atom. The molecule has 0 unspecified atom stereocenters. The number of benzene rings is 4. The summed E-state index contributed by atoms with van der Waals surface area (Å²) in [7, 11) is 0. The van der Waals surface area contributed by atoms with Crippen molar-refractivity contribution < 1.29 is 24.5 Å². The largest absolute Gasteiger partial charge is 0.501 e. The number of hydrogen-bond donors (Lipinski definition) is 0. The van der Waals surface area contributed by atoms with Gasteiger partial charge in [-0.3, -0.25) is 9.97 Å². The van der Waals surface area contributed by atoms with Crippen LogP contribution < -0.4 is 0 Å². The van der Waals surface area contributed by atoms with Crippen molar-refractivity contribution in [3.8, 4) is 28.3 Å². The van der Waals surface area contributed by atoms with Crippen LogP contribution in [0.5, 0.6) is 0 Å². The van der Waals surface area contributed by atoms with E-state index in [1.165, 1.54) is 0 Å². The standard InChI is InChI=1S/C29H24N3O.C11H8N.Ir/c1-18-14-15-21(27-25(18)20-12-8-9-13-24(20)33-27)28-31-23-17-30-16-22(29(2,3)4)26(23)32(28)19-10-6-5-7-11-19;1-2-6-10(7-3-1)11-8-4-5-9-12-11;/h5-14,16-17H,1-4H3;1-6,8-9H;/q2*-1;. The van der Waals surface area contributed by atoms with Gasteiger partial charge in [0.1, 0.15) is 5.58 Å². The van der Waals surface area contributed by atoms with Gasteiger partial charge in [-0.2, -0.15) is 0 Å². The minimum Gasteiger partial charge on any atom is -0.501 e. The van der Waals surface area contributed by atoms with E-state index in [1.54, 1.807) is 6.20 Å². The molecule has 46 heavy (non-hydrogen) atoms. The topological polar surface area (TPSA) is 56.7 Å². The van der Waals surface area contributed by atoms with Crippen LogP contribution in [-0.2, 0) is 25.5 Å². The quantitative estimate of drug-likeness (QED) is 0.168. The maximum atomic E-state index is 6.40. The summed E-state index contributed by atoms with van der Waals surface area (Å²) in [6, 6.07) is 40.9. The molecule has 0 bridgehead atoms. The zero-order valence-electron chi connectivity index (χ0n) is 26.1. The van der Waals surface area contributed by atoms with E-state index in [1.807, 2.05) is 85.2 Å². The van der Waals surface area contributed by atoms with Gasteiger partial charge in [0.05, 0.1) is 28.6 Å². The third-order valence-electron chi connectivity index (χ3n) is 7.91. The van der Waals surface area contributed by atoms with Gasteiger partial charge in [0.2, 0.25) is 0 Å². The molecule has 229 valence electrons. The molecule has 4 aromatic heterocycles. The van der Waals surface area contributed by atoms with Gasteiger partial charge in [-0.25, -0.2) is 0 Å². The molecule has 6 heteroatoms. The molecule has 0 aliphatic rings. The number of nitrogens with zero attached hydrogens (tertiary/aromatic N) is 4. The molecule has 0 aliphatic heterocycles. The van der Waals surface area contributed by atoms with Crippen LogP contribution in [0.15, 0.2) is 126 Å². The number of imidazole rings is 1. The average Bonchev–Trinajstić information content (AvgIpc) is 3.66. The third-order valence-corrected chi connectivity index (χ3v) is 7.91. The smallest absolute Gasteiger partial charge is 0.120 e. The molecule has 0 fully saturated rings. The van der Waals surface area contributed by atoms with Crippen LogP contribution in [0.25, 0.3) is 61.3 Å². The Kier molecular flexibility index (Phi) is 8.68. The van der Waals surface area contributed by atoms with Gasteiger partial charge in [-0.1, -0.05) is 87.2 Å². The van der Waals surface area contributed by atoms with E-state index in [0.29, 0.717) is 0 Å². The van der Waals surface area contributed by atoms with Gasteiger partial charge in [0.15, 0.2) is 0 Å². The normalized spacial score (nSPS) is 11.3. The fourth-order valence-electron chi connectivity index (χ4n) is 5.75. The zero-order valence-corrected chi connectivity index (χ0v) is 28.5. The number of aryl methyl sites for hydroxylation is 1. The zero-order chi connectivity index (χ0) is 31.0. The molecule has 0 atom stereocenters. The van der Waals surface area contributed by atoms with E-state index in [2.05, 4.69) is 84.7 Å². The van der Waals surface area contributed by atoms with Gasteiger partial charge in [-0.15, -0.1) is 53.6 Å². The number of hydrogen-bond acceptors (Lipinski definition) is 4. The Balaban J connectivity index is 0.000000241. The first-order chi connectivity index (χ1) is 21.9. The molecule has 8 rings (SSSR count). The van der Waals surface area contributed by atoms with Crippen molar-refractivity contribution in [1.29, 1.82) is 0 Å². The summed E-state index contributed by atoms with van der Waals surface area (Å²) in [5.41, 5.74) is 9.71. The molecule has 4 aromatic carbocycles. The minimum absolute atomic E-state index is 0. The van der Waals surface area contributed by atoms with Crippen molar-refractivity contribution in [2.75, 3.05) is 0 Å². The van der Waals surface area contributed by atoms with E-state index < -0.39 is 0 Å². The second-order valence-corrected chi connectivity index (χ2v) is 12.1. The van der Waals surface area contributed by atoms with Gasteiger partial charge >= 0.3 is 0 Å². The summed E-state index contributed by atoms with van der Waals surface area (Å²) in [6.07, 6.45) is 5.59. The van der Waals surface area contributed by atoms with Crippen molar-refractivity contribution >= 4 is 33.0 Å². The summed E-state index contributed by atoms with van der Waals surface area (Å²) < 4.78 is 8.63. The van der Waals surface area contributed by atoms with E-state index in [-0.39, 0.29) is 25.5 Å². The van der Waals surface area contributed by atoms with Gasteiger partial charge in [0, 0.05) is 49.1 Å². The van der Waals surface area contributed by atoms with Crippen LogP contribution in [0.3, 0.4) is 0 Å².